The minimum Gasteiger partial charge on any atom is -0.320 e. The molecule has 0 saturated heterocycles. The standard InChI is InChI=1S/C17H15N3O2S/c1-23(22)14-8-6-13(7-9-14)17(21)19-15-4-2-3-5-16(15)20-11-10-18-12-20/h2-12H,1H3,(H,19,21)/t23-/m1/s1. The lowest BCUT2D eigenvalue weighted by atomic mass is 10.2. The third-order valence-corrected chi connectivity index (χ3v) is 4.32. The lowest BCUT2D eigenvalue weighted by molar-refractivity contribution is 0.102. The molecule has 0 fully saturated rings. The van der Waals surface area contributed by atoms with Gasteiger partial charge in [-0.15, -0.1) is 0 Å². The van der Waals surface area contributed by atoms with Gasteiger partial charge in [-0.05, 0) is 36.4 Å². The number of aromatic nitrogens is 2. The zero-order valence-corrected chi connectivity index (χ0v) is 13.3. The number of hydrogen-bond acceptors (Lipinski definition) is 3. The Labute approximate surface area is 136 Å². The Bertz CT molecular complexity index is 843. The maximum absolute atomic E-state index is 12.4. The highest BCUT2D eigenvalue weighted by Crippen LogP contribution is 2.20. The molecule has 0 radical (unpaired) electrons. The van der Waals surface area contributed by atoms with E-state index in [1.165, 1.54) is 0 Å². The fraction of sp³-hybridized carbons (Fsp3) is 0.0588. The number of para-hydroxylation sites is 2. The molecule has 0 aliphatic rings. The van der Waals surface area contributed by atoms with Crippen molar-refractivity contribution in [2.75, 3.05) is 11.6 Å². The normalized spacial score (nSPS) is 11.9. The quantitative estimate of drug-likeness (QED) is 0.802. The minimum absolute atomic E-state index is 0.217. The Morgan fingerprint density at radius 3 is 2.52 bits per heavy atom. The molecule has 0 spiro atoms. The van der Waals surface area contributed by atoms with Crippen LogP contribution in [0.4, 0.5) is 5.69 Å². The van der Waals surface area contributed by atoms with Crippen molar-refractivity contribution in [3.05, 3.63) is 72.8 Å². The van der Waals surface area contributed by atoms with E-state index in [0.717, 1.165) is 5.69 Å². The minimum atomic E-state index is -1.05. The third-order valence-electron chi connectivity index (χ3n) is 3.38. The number of anilines is 1. The number of carbonyl (C=O) groups is 1. The highest BCUT2D eigenvalue weighted by Gasteiger charge is 2.10. The zero-order valence-electron chi connectivity index (χ0n) is 12.5. The van der Waals surface area contributed by atoms with Gasteiger partial charge in [-0.1, -0.05) is 12.1 Å². The highest BCUT2D eigenvalue weighted by molar-refractivity contribution is 7.84. The molecule has 0 aliphatic carbocycles. The molecule has 1 atom stereocenters. The maximum atomic E-state index is 12.4. The smallest absolute Gasteiger partial charge is 0.255 e. The van der Waals surface area contributed by atoms with Crippen molar-refractivity contribution in [1.82, 2.24) is 9.55 Å². The molecular weight excluding hydrogens is 310 g/mol. The lowest BCUT2D eigenvalue weighted by Crippen LogP contribution is -2.13. The van der Waals surface area contributed by atoms with Crippen molar-refractivity contribution < 1.29 is 9.00 Å². The first-order valence-corrected chi connectivity index (χ1v) is 8.53. The SMILES string of the molecule is C[S@@](=O)c1ccc(C(=O)Nc2ccccc2-n2ccnc2)cc1. The Kier molecular flexibility index (Phi) is 4.34. The molecule has 0 saturated carbocycles. The van der Waals surface area contributed by atoms with Gasteiger partial charge in [-0.3, -0.25) is 9.00 Å². The number of imidazole rings is 1. The van der Waals surface area contributed by atoms with Crippen molar-refractivity contribution in [3.63, 3.8) is 0 Å². The second-order valence-electron chi connectivity index (χ2n) is 4.92. The summed E-state index contributed by atoms with van der Waals surface area (Å²) < 4.78 is 13.2. The van der Waals surface area contributed by atoms with E-state index in [1.807, 2.05) is 35.0 Å². The Balaban J connectivity index is 1.85. The predicted octanol–water partition coefficient (Wildman–Crippen LogP) is 2.86. The zero-order chi connectivity index (χ0) is 16.2. The van der Waals surface area contributed by atoms with E-state index in [-0.39, 0.29) is 5.91 Å². The van der Waals surface area contributed by atoms with Crippen LogP contribution in [0.3, 0.4) is 0 Å². The van der Waals surface area contributed by atoms with Crippen molar-refractivity contribution in [1.29, 1.82) is 0 Å². The first-order valence-electron chi connectivity index (χ1n) is 6.97. The number of carbonyl (C=O) groups excluding carboxylic acids is 1. The number of nitrogens with one attached hydrogen (secondary N) is 1. The molecule has 116 valence electrons. The summed E-state index contributed by atoms with van der Waals surface area (Å²) in [6.45, 7) is 0. The second kappa shape index (κ2) is 6.58. The van der Waals surface area contributed by atoms with Gasteiger partial charge in [-0.25, -0.2) is 4.98 Å². The van der Waals surface area contributed by atoms with Crippen LogP contribution < -0.4 is 5.32 Å². The largest absolute Gasteiger partial charge is 0.320 e. The number of amides is 1. The van der Waals surface area contributed by atoms with E-state index < -0.39 is 10.8 Å². The Morgan fingerprint density at radius 1 is 1.13 bits per heavy atom. The maximum Gasteiger partial charge on any atom is 0.255 e. The van der Waals surface area contributed by atoms with Crippen LogP contribution in [0.15, 0.2) is 72.1 Å². The highest BCUT2D eigenvalue weighted by atomic mass is 32.2. The monoisotopic (exact) mass is 325 g/mol. The Hall–Kier alpha value is -2.73. The van der Waals surface area contributed by atoms with Gasteiger partial charge in [0.2, 0.25) is 0 Å². The molecule has 3 rings (SSSR count). The van der Waals surface area contributed by atoms with Crippen LogP contribution in [0.5, 0.6) is 0 Å². The van der Waals surface area contributed by atoms with E-state index in [2.05, 4.69) is 10.3 Å². The fourth-order valence-corrected chi connectivity index (χ4v) is 2.72. The molecule has 3 aromatic rings. The van der Waals surface area contributed by atoms with E-state index in [0.29, 0.717) is 16.1 Å². The number of rotatable bonds is 4. The van der Waals surface area contributed by atoms with E-state index in [4.69, 9.17) is 0 Å². The van der Waals surface area contributed by atoms with Gasteiger partial charge in [0.25, 0.3) is 5.91 Å². The summed E-state index contributed by atoms with van der Waals surface area (Å²) in [4.78, 5) is 17.1. The molecule has 6 heteroatoms. The average molecular weight is 325 g/mol. The molecule has 1 amide bonds. The first-order chi connectivity index (χ1) is 11.1. The summed E-state index contributed by atoms with van der Waals surface area (Å²) in [5.41, 5.74) is 2.04. The van der Waals surface area contributed by atoms with Crippen LogP contribution in [-0.4, -0.2) is 25.9 Å². The summed E-state index contributed by atoms with van der Waals surface area (Å²) in [5.74, 6) is -0.217. The summed E-state index contributed by atoms with van der Waals surface area (Å²) in [5, 5.41) is 2.90. The van der Waals surface area contributed by atoms with Crippen LogP contribution in [-0.2, 0) is 10.8 Å². The molecular formula is C17H15N3O2S. The average Bonchev–Trinajstić information content (AvgIpc) is 3.09. The van der Waals surface area contributed by atoms with Gasteiger partial charge in [0.15, 0.2) is 0 Å². The molecule has 1 N–H and O–H groups in total. The van der Waals surface area contributed by atoms with Gasteiger partial charge in [0, 0.05) is 39.9 Å². The van der Waals surface area contributed by atoms with E-state index >= 15 is 0 Å². The van der Waals surface area contributed by atoms with Gasteiger partial charge in [0.1, 0.15) is 0 Å². The van der Waals surface area contributed by atoms with Crippen molar-refractivity contribution in [2.24, 2.45) is 0 Å². The summed E-state index contributed by atoms with van der Waals surface area (Å²) in [6, 6.07) is 14.2. The van der Waals surface area contributed by atoms with Gasteiger partial charge < -0.3 is 9.88 Å². The third kappa shape index (κ3) is 3.37. The second-order valence-corrected chi connectivity index (χ2v) is 6.30. The van der Waals surface area contributed by atoms with Crippen molar-refractivity contribution in [2.45, 2.75) is 4.90 Å². The topological polar surface area (TPSA) is 64.0 Å². The van der Waals surface area contributed by atoms with Crippen LogP contribution >= 0.6 is 0 Å². The molecule has 5 nitrogen and oxygen atoms in total. The van der Waals surface area contributed by atoms with Crippen LogP contribution in [0, 0.1) is 0 Å². The van der Waals surface area contributed by atoms with Gasteiger partial charge >= 0.3 is 0 Å². The molecule has 1 aromatic heterocycles. The van der Waals surface area contributed by atoms with Crippen molar-refractivity contribution >= 4 is 22.4 Å². The van der Waals surface area contributed by atoms with Crippen LogP contribution in [0.25, 0.3) is 5.69 Å². The number of benzene rings is 2. The van der Waals surface area contributed by atoms with Crippen LogP contribution in [0.2, 0.25) is 0 Å². The predicted molar refractivity (Wildman–Crippen MR) is 90.3 cm³/mol. The summed E-state index contributed by atoms with van der Waals surface area (Å²) in [6.07, 6.45) is 6.78. The molecule has 0 unspecified atom stereocenters. The first kappa shape index (κ1) is 15.2. The van der Waals surface area contributed by atoms with Gasteiger partial charge in [0.05, 0.1) is 17.7 Å². The van der Waals surface area contributed by atoms with Crippen molar-refractivity contribution in [3.8, 4) is 5.69 Å². The molecule has 23 heavy (non-hydrogen) atoms. The van der Waals surface area contributed by atoms with E-state index in [9.17, 15) is 9.00 Å². The van der Waals surface area contributed by atoms with Crippen LogP contribution in [0.1, 0.15) is 10.4 Å². The van der Waals surface area contributed by atoms with E-state index in [1.54, 1.807) is 43.0 Å². The molecule has 0 bridgehead atoms. The molecule has 2 aromatic carbocycles. The van der Waals surface area contributed by atoms with Gasteiger partial charge in [-0.2, -0.15) is 0 Å². The number of nitrogens with zero attached hydrogens (tertiary/aromatic N) is 2. The number of hydrogen-bond donors (Lipinski definition) is 1. The molecule has 0 aliphatic heterocycles. The summed E-state index contributed by atoms with van der Waals surface area (Å²) >= 11 is 0. The fourth-order valence-electron chi connectivity index (χ4n) is 2.20. The lowest BCUT2D eigenvalue weighted by Gasteiger charge is -2.11. The molecule has 1 heterocycles. The Morgan fingerprint density at radius 2 is 1.87 bits per heavy atom. The summed E-state index contributed by atoms with van der Waals surface area (Å²) in [7, 11) is -1.05.